The minimum Gasteiger partial charge on any atom is -0.335 e. The van der Waals surface area contributed by atoms with Crippen LogP contribution in [0.15, 0.2) is 48.8 Å². The van der Waals surface area contributed by atoms with Crippen LogP contribution in [0.3, 0.4) is 0 Å². The number of aromatic nitrogens is 1. The number of hydrogen-bond donors (Lipinski definition) is 0. The van der Waals surface area contributed by atoms with E-state index in [1.165, 1.54) is 5.56 Å². The largest absolute Gasteiger partial charge is 0.335 e. The maximum atomic E-state index is 13.4. The van der Waals surface area contributed by atoms with E-state index in [-0.39, 0.29) is 17.7 Å². The van der Waals surface area contributed by atoms with Crippen LogP contribution >= 0.6 is 0 Å². The number of hydrogen-bond acceptors (Lipinski definition) is 3. The molecule has 2 aromatic rings. The van der Waals surface area contributed by atoms with Crippen molar-refractivity contribution in [3.63, 3.8) is 0 Å². The summed E-state index contributed by atoms with van der Waals surface area (Å²) in [5.74, 6) is 0.261. The fourth-order valence-corrected chi connectivity index (χ4v) is 4.17. The topological polar surface area (TPSA) is 53.5 Å². The molecule has 2 fully saturated rings. The SMILES string of the molecule is CCC(C)c1ccccc1N1CC(C(=O)N(Cc2cccnc2)C2CC2)CC1=O. The zero-order chi connectivity index (χ0) is 20.4. The van der Waals surface area contributed by atoms with Gasteiger partial charge in [0.25, 0.3) is 0 Å². The zero-order valence-electron chi connectivity index (χ0n) is 17.3. The van der Waals surface area contributed by atoms with E-state index in [1.807, 2.05) is 46.3 Å². The molecule has 2 unspecified atom stereocenters. The Labute approximate surface area is 172 Å². The first-order valence-electron chi connectivity index (χ1n) is 10.7. The number of carbonyl (C=O) groups is 2. The lowest BCUT2D eigenvalue weighted by molar-refractivity contribution is -0.137. The van der Waals surface area contributed by atoms with Crippen molar-refractivity contribution in [3.05, 3.63) is 59.9 Å². The second-order valence-corrected chi connectivity index (χ2v) is 8.33. The molecule has 1 aromatic carbocycles. The molecule has 1 aliphatic heterocycles. The van der Waals surface area contributed by atoms with Crippen molar-refractivity contribution in [1.29, 1.82) is 0 Å². The van der Waals surface area contributed by atoms with Gasteiger partial charge in [-0.25, -0.2) is 0 Å². The molecule has 152 valence electrons. The molecule has 2 aliphatic rings. The number of nitrogens with zero attached hydrogens (tertiary/aromatic N) is 3. The molecular formula is C24H29N3O2. The van der Waals surface area contributed by atoms with Gasteiger partial charge >= 0.3 is 0 Å². The van der Waals surface area contributed by atoms with Gasteiger partial charge < -0.3 is 9.80 Å². The average Bonchev–Trinajstić information content (AvgIpc) is 3.53. The standard InChI is InChI=1S/C24H29N3O2/c1-3-17(2)21-8-4-5-9-22(21)27-16-19(13-23(27)28)24(29)26(20-10-11-20)15-18-7-6-12-25-14-18/h4-9,12,14,17,19-20H,3,10-11,13,15-16H2,1-2H3. The third-order valence-electron chi connectivity index (χ3n) is 6.19. The van der Waals surface area contributed by atoms with Gasteiger partial charge in [0.05, 0.1) is 5.92 Å². The Morgan fingerprint density at radius 1 is 1.24 bits per heavy atom. The molecule has 0 radical (unpaired) electrons. The smallest absolute Gasteiger partial charge is 0.228 e. The molecule has 1 saturated heterocycles. The quantitative estimate of drug-likeness (QED) is 0.713. The van der Waals surface area contributed by atoms with Gasteiger partial charge in [0.1, 0.15) is 0 Å². The lowest BCUT2D eigenvalue weighted by atomic mass is 9.96. The number of rotatable bonds is 7. The molecular weight excluding hydrogens is 362 g/mol. The van der Waals surface area contributed by atoms with Crippen LogP contribution in [0.2, 0.25) is 0 Å². The maximum absolute atomic E-state index is 13.4. The summed E-state index contributed by atoms with van der Waals surface area (Å²) in [5.41, 5.74) is 3.19. The first-order valence-corrected chi connectivity index (χ1v) is 10.7. The van der Waals surface area contributed by atoms with Crippen LogP contribution < -0.4 is 4.90 Å². The van der Waals surface area contributed by atoms with Crippen LogP contribution in [0.4, 0.5) is 5.69 Å². The van der Waals surface area contributed by atoms with Crippen LogP contribution in [0.25, 0.3) is 0 Å². The van der Waals surface area contributed by atoms with Crippen LogP contribution in [0.5, 0.6) is 0 Å². The van der Waals surface area contributed by atoms with Gasteiger partial charge in [-0.1, -0.05) is 38.1 Å². The Kier molecular flexibility index (Phi) is 5.65. The summed E-state index contributed by atoms with van der Waals surface area (Å²) in [6.07, 6.45) is 6.97. The van der Waals surface area contributed by atoms with Crippen molar-refractivity contribution >= 4 is 17.5 Å². The molecule has 4 rings (SSSR count). The van der Waals surface area contributed by atoms with E-state index in [4.69, 9.17) is 0 Å². The van der Waals surface area contributed by atoms with Gasteiger partial charge in [0.2, 0.25) is 11.8 Å². The van der Waals surface area contributed by atoms with Gasteiger partial charge in [-0.05, 0) is 48.4 Å². The highest BCUT2D eigenvalue weighted by Gasteiger charge is 2.41. The Balaban J connectivity index is 1.52. The lowest BCUT2D eigenvalue weighted by Crippen LogP contribution is -2.38. The molecule has 0 N–H and O–H groups in total. The average molecular weight is 392 g/mol. The molecule has 1 aromatic heterocycles. The van der Waals surface area contributed by atoms with E-state index >= 15 is 0 Å². The van der Waals surface area contributed by atoms with Crippen molar-refractivity contribution in [3.8, 4) is 0 Å². The van der Waals surface area contributed by atoms with Gasteiger partial charge in [-0.2, -0.15) is 0 Å². The summed E-state index contributed by atoms with van der Waals surface area (Å²) < 4.78 is 0. The summed E-state index contributed by atoms with van der Waals surface area (Å²) in [6.45, 7) is 5.39. The van der Waals surface area contributed by atoms with Crippen molar-refractivity contribution in [1.82, 2.24) is 9.88 Å². The molecule has 2 heterocycles. The van der Waals surface area contributed by atoms with Crippen LogP contribution in [0, 0.1) is 5.92 Å². The van der Waals surface area contributed by atoms with Crippen molar-refractivity contribution in [2.75, 3.05) is 11.4 Å². The molecule has 2 amide bonds. The van der Waals surface area contributed by atoms with E-state index in [1.54, 1.807) is 6.20 Å². The van der Waals surface area contributed by atoms with E-state index in [0.717, 1.165) is 30.5 Å². The fraction of sp³-hybridized carbons (Fsp3) is 0.458. The van der Waals surface area contributed by atoms with Gasteiger partial charge in [0.15, 0.2) is 0 Å². The Morgan fingerprint density at radius 3 is 2.72 bits per heavy atom. The van der Waals surface area contributed by atoms with E-state index in [0.29, 0.717) is 31.5 Å². The van der Waals surface area contributed by atoms with Crippen LogP contribution in [-0.2, 0) is 16.1 Å². The predicted octanol–water partition coefficient (Wildman–Crippen LogP) is 4.14. The normalized spacial score (nSPS) is 20.0. The molecule has 0 bridgehead atoms. The highest BCUT2D eigenvalue weighted by Crippen LogP contribution is 2.36. The van der Waals surface area contributed by atoms with E-state index < -0.39 is 0 Å². The summed E-state index contributed by atoms with van der Waals surface area (Å²) >= 11 is 0. The van der Waals surface area contributed by atoms with E-state index in [2.05, 4.69) is 24.9 Å². The second kappa shape index (κ2) is 8.36. The summed E-state index contributed by atoms with van der Waals surface area (Å²) in [6, 6.07) is 12.3. The van der Waals surface area contributed by atoms with E-state index in [9.17, 15) is 9.59 Å². The van der Waals surface area contributed by atoms with Gasteiger partial charge in [-0.15, -0.1) is 0 Å². The molecule has 29 heavy (non-hydrogen) atoms. The first kappa shape index (κ1) is 19.6. The minimum absolute atomic E-state index is 0.0521. The third-order valence-corrected chi connectivity index (χ3v) is 6.19. The van der Waals surface area contributed by atoms with Gasteiger partial charge in [0, 0.05) is 43.6 Å². The number of para-hydroxylation sites is 1. The molecule has 0 spiro atoms. The molecule has 1 saturated carbocycles. The maximum Gasteiger partial charge on any atom is 0.228 e. The van der Waals surface area contributed by atoms with Crippen molar-refractivity contribution < 1.29 is 9.59 Å². The summed E-state index contributed by atoms with van der Waals surface area (Å²) in [4.78, 5) is 34.2. The third kappa shape index (κ3) is 4.19. The fourth-order valence-electron chi connectivity index (χ4n) is 4.17. The first-order chi connectivity index (χ1) is 14.1. The lowest BCUT2D eigenvalue weighted by Gasteiger charge is -2.26. The minimum atomic E-state index is -0.273. The van der Waals surface area contributed by atoms with Crippen molar-refractivity contribution in [2.24, 2.45) is 5.92 Å². The Morgan fingerprint density at radius 2 is 2.03 bits per heavy atom. The number of benzene rings is 1. The molecule has 2 atom stereocenters. The highest BCUT2D eigenvalue weighted by atomic mass is 16.2. The predicted molar refractivity (Wildman–Crippen MR) is 113 cm³/mol. The van der Waals surface area contributed by atoms with Crippen molar-refractivity contribution in [2.45, 2.75) is 58.0 Å². The number of pyridine rings is 1. The Hall–Kier alpha value is -2.69. The molecule has 1 aliphatic carbocycles. The number of amides is 2. The van der Waals surface area contributed by atoms with Crippen LogP contribution in [0.1, 0.15) is 56.6 Å². The Bertz CT molecular complexity index is 879. The summed E-state index contributed by atoms with van der Waals surface area (Å²) in [7, 11) is 0. The molecule has 5 nitrogen and oxygen atoms in total. The van der Waals surface area contributed by atoms with Gasteiger partial charge in [-0.3, -0.25) is 14.6 Å². The highest BCUT2D eigenvalue weighted by molar-refractivity contribution is 6.01. The number of anilines is 1. The zero-order valence-corrected chi connectivity index (χ0v) is 17.3. The number of carbonyl (C=O) groups excluding carboxylic acids is 2. The monoisotopic (exact) mass is 391 g/mol. The second-order valence-electron chi connectivity index (χ2n) is 8.33. The van der Waals surface area contributed by atoms with Crippen LogP contribution in [-0.4, -0.2) is 34.3 Å². The molecule has 5 heteroatoms. The summed E-state index contributed by atoms with van der Waals surface area (Å²) in [5, 5.41) is 0.